The SMILES string of the molecule is CNc1ccc(C2(F)CC2)cc1. The van der Waals surface area contributed by atoms with Crippen LogP contribution in [0, 0.1) is 0 Å². The average Bonchev–Trinajstić information content (AvgIpc) is 2.85. The first-order valence-electron chi connectivity index (χ1n) is 4.22. The van der Waals surface area contributed by atoms with Gasteiger partial charge in [-0.2, -0.15) is 0 Å². The molecule has 1 aliphatic rings. The van der Waals surface area contributed by atoms with Crippen molar-refractivity contribution >= 4 is 5.69 Å². The van der Waals surface area contributed by atoms with Crippen molar-refractivity contribution in [2.24, 2.45) is 0 Å². The lowest BCUT2D eigenvalue weighted by molar-refractivity contribution is 0.317. The van der Waals surface area contributed by atoms with E-state index < -0.39 is 5.67 Å². The van der Waals surface area contributed by atoms with Crippen LogP contribution in [0.5, 0.6) is 0 Å². The van der Waals surface area contributed by atoms with Crippen molar-refractivity contribution in [3.05, 3.63) is 29.8 Å². The van der Waals surface area contributed by atoms with E-state index >= 15 is 0 Å². The summed E-state index contributed by atoms with van der Waals surface area (Å²) in [7, 11) is 1.86. The lowest BCUT2D eigenvalue weighted by Crippen LogP contribution is -1.97. The minimum absolute atomic E-state index is 0.686. The summed E-state index contributed by atoms with van der Waals surface area (Å²) in [6, 6.07) is 7.54. The smallest absolute Gasteiger partial charge is 0.136 e. The number of nitrogens with one attached hydrogen (secondary N) is 1. The third kappa shape index (κ3) is 1.17. The largest absolute Gasteiger partial charge is 0.388 e. The molecule has 0 heterocycles. The number of rotatable bonds is 2. The van der Waals surface area contributed by atoms with E-state index in [0.29, 0.717) is 12.8 Å². The molecule has 64 valence electrons. The van der Waals surface area contributed by atoms with Crippen LogP contribution >= 0.6 is 0 Å². The molecule has 2 rings (SSSR count). The van der Waals surface area contributed by atoms with Gasteiger partial charge in [-0.15, -0.1) is 0 Å². The molecule has 0 bridgehead atoms. The summed E-state index contributed by atoms with van der Waals surface area (Å²) in [6.07, 6.45) is 1.37. The molecule has 1 aromatic carbocycles. The second-order valence-electron chi connectivity index (χ2n) is 3.29. The highest BCUT2D eigenvalue weighted by Crippen LogP contribution is 2.49. The highest BCUT2D eigenvalue weighted by molar-refractivity contribution is 5.45. The predicted octanol–water partition coefficient (Wildman–Crippen LogP) is 2.69. The summed E-state index contributed by atoms with van der Waals surface area (Å²) in [5.41, 5.74) is 0.858. The molecule has 1 fully saturated rings. The summed E-state index contributed by atoms with van der Waals surface area (Å²) in [4.78, 5) is 0. The quantitative estimate of drug-likeness (QED) is 0.710. The molecule has 0 amide bonds. The Labute approximate surface area is 71.6 Å². The molecule has 0 aliphatic heterocycles. The fraction of sp³-hybridized carbons (Fsp3) is 0.400. The van der Waals surface area contributed by atoms with Crippen LogP contribution < -0.4 is 5.32 Å². The molecule has 0 atom stereocenters. The van der Waals surface area contributed by atoms with E-state index in [4.69, 9.17) is 0 Å². The third-order valence-corrected chi connectivity index (χ3v) is 2.38. The molecule has 1 N–H and O–H groups in total. The van der Waals surface area contributed by atoms with Crippen LogP contribution in [0.25, 0.3) is 0 Å². The predicted molar refractivity (Wildman–Crippen MR) is 48.0 cm³/mol. The van der Waals surface area contributed by atoms with Crippen LogP contribution in [0.1, 0.15) is 18.4 Å². The fourth-order valence-corrected chi connectivity index (χ4v) is 1.33. The minimum atomic E-state index is -0.994. The van der Waals surface area contributed by atoms with Crippen molar-refractivity contribution in [3.8, 4) is 0 Å². The molecular weight excluding hydrogens is 153 g/mol. The molecule has 12 heavy (non-hydrogen) atoms. The second kappa shape index (κ2) is 2.47. The van der Waals surface area contributed by atoms with E-state index in [0.717, 1.165) is 11.3 Å². The van der Waals surface area contributed by atoms with Gasteiger partial charge in [0.2, 0.25) is 0 Å². The van der Waals surface area contributed by atoms with Crippen molar-refractivity contribution < 1.29 is 4.39 Å². The zero-order valence-corrected chi connectivity index (χ0v) is 7.10. The highest BCUT2D eigenvalue weighted by atomic mass is 19.1. The van der Waals surface area contributed by atoms with Gasteiger partial charge in [-0.1, -0.05) is 12.1 Å². The number of hydrogen-bond acceptors (Lipinski definition) is 1. The first-order valence-corrected chi connectivity index (χ1v) is 4.22. The Morgan fingerprint density at radius 1 is 1.25 bits per heavy atom. The van der Waals surface area contributed by atoms with Crippen LogP contribution in [0.15, 0.2) is 24.3 Å². The molecular formula is C10H12FN. The molecule has 1 aromatic rings. The first-order chi connectivity index (χ1) is 5.74. The monoisotopic (exact) mass is 165 g/mol. The second-order valence-corrected chi connectivity index (χ2v) is 3.29. The van der Waals surface area contributed by atoms with Crippen molar-refractivity contribution in [2.75, 3.05) is 12.4 Å². The Morgan fingerprint density at radius 3 is 2.25 bits per heavy atom. The Bertz CT molecular complexity index is 274. The lowest BCUT2D eigenvalue weighted by Gasteiger charge is -2.05. The first kappa shape index (κ1) is 7.59. The van der Waals surface area contributed by atoms with Gasteiger partial charge in [0, 0.05) is 12.7 Å². The number of halogens is 1. The molecule has 0 spiro atoms. The Kier molecular flexibility index (Phi) is 1.56. The van der Waals surface area contributed by atoms with E-state index in [2.05, 4.69) is 5.32 Å². The van der Waals surface area contributed by atoms with E-state index in [1.807, 2.05) is 31.3 Å². The van der Waals surface area contributed by atoms with Gasteiger partial charge in [0.05, 0.1) is 0 Å². The van der Waals surface area contributed by atoms with Gasteiger partial charge in [0.25, 0.3) is 0 Å². The Morgan fingerprint density at radius 2 is 1.83 bits per heavy atom. The summed E-state index contributed by atoms with van der Waals surface area (Å²) in [5.74, 6) is 0. The normalized spacial score (nSPS) is 18.8. The van der Waals surface area contributed by atoms with Crippen LogP contribution in [0.3, 0.4) is 0 Å². The fourth-order valence-electron chi connectivity index (χ4n) is 1.33. The van der Waals surface area contributed by atoms with Crippen molar-refractivity contribution in [3.63, 3.8) is 0 Å². The van der Waals surface area contributed by atoms with Gasteiger partial charge in [-0.3, -0.25) is 0 Å². The van der Waals surface area contributed by atoms with E-state index in [9.17, 15) is 4.39 Å². The lowest BCUT2D eigenvalue weighted by atomic mass is 10.1. The number of anilines is 1. The average molecular weight is 165 g/mol. The number of alkyl halides is 1. The standard InChI is InChI=1S/C10H12FN/c1-12-9-4-2-8(3-5-9)10(11)6-7-10/h2-5,12H,6-7H2,1H3. The minimum Gasteiger partial charge on any atom is -0.388 e. The van der Waals surface area contributed by atoms with Crippen molar-refractivity contribution in [1.82, 2.24) is 0 Å². The van der Waals surface area contributed by atoms with Crippen LogP contribution in [-0.2, 0) is 5.67 Å². The van der Waals surface area contributed by atoms with Gasteiger partial charge in [0.15, 0.2) is 0 Å². The van der Waals surface area contributed by atoms with Gasteiger partial charge < -0.3 is 5.32 Å². The molecule has 0 unspecified atom stereocenters. The van der Waals surface area contributed by atoms with Crippen LogP contribution in [-0.4, -0.2) is 7.05 Å². The Balaban J connectivity index is 2.25. The molecule has 2 heteroatoms. The van der Waals surface area contributed by atoms with E-state index in [1.165, 1.54) is 0 Å². The molecule has 1 aliphatic carbocycles. The highest BCUT2D eigenvalue weighted by Gasteiger charge is 2.44. The topological polar surface area (TPSA) is 12.0 Å². The van der Waals surface area contributed by atoms with Gasteiger partial charge in [0.1, 0.15) is 5.67 Å². The maximum Gasteiger partial charge on any atom is 0.136 e. The van der Waals surface area contributed by atoms with Gasteiger partial charge in [-0.05, 0) is 30.5 Å². The van der Waals surface area contributed by atoms with E-state index in [1.54, 1.807) is 0 Å². The number of hydrogen-bond donors (Lipinski definition) is 1. The molecule has 0 saturated heterocycles. The summed E-state index contributed by atoms with van der Waals surface area (Å²) in [6.45, 7) is 0. The summed E-state index contributed by atoms with van der Waals surface area (Å²) < 4.78 is 13.4. The zero-order valence-electron chi connectivity index (χ0n) is 7.10. The van der Waals surface area contributed by atoms with E-state index in [-0.39, 0.29) is 0 Å². The number of benzene rings is 1. The molecule has 0 radical (unpaired) electrons. The summed E-state index contributed by atoms with van der Waals surface area (Å²) in [5, 5.41) is 3.00. The molecule has 1 saturated carbocycles. The van der Waals surface area contributed by atoms with Gasteiger partial charge >= 0.3 is 0 Å². The third-order valence-electron chi connectivity index (χ3n) is 2.38. The molecule has 1 nitrogen and oxygen atoms in total. The zero-order chi connectivity index (χ0) is 8.60. The van der Waals surface area contributed by atoms with Crippen molar-refractivity contribution in [2.45, 2.75) is 18.5 Å². The van der Waals surface area contributed by atoms with Crippen molar-refractivity contribution in [1.29, 1.82) is 0 Å². The van der Waals surface area contributed by atoms with Crippen LogP contribution in [0.2, 0.25) is 0 Å². The maximum atomic E-state index is 13.4. The molecule has 0 aromatic heterocycles. The Hall–Kier alpha value is -1.05. The van der Waals surface area contributed by atoms with Gasteiger partial charge in [-0.25, -0.2) is 4.39 Å². The maximum absolute atomic E-state index is 13.4. The van der Waals surface area contributed by atoms with Crippen LogP contribution in [0.4, 0.5) is 10.1 Å². The summed E-state index contributed by atoms with van der Waals surface area (Å²) >= 11 is 0.